The number of carbonyl (C=O) groups is 1. The molecule has 1 atom stereocenters. The van der Waals surface area contributed by atoms with Crippen molar-refractivity contribution in [1.29, 1.82) is 0 Å². The molecule has 128 valence electrons. The van der Waals surface area contributed by atoms with Gasteiger partial charge in [-0.3, -0.25) is 4.79 Å². The van der Waals surface area contributed by atoms with Crippen LogP contribution >= 0.6 is 0 Å². The highest BCUT2D eigenvalue weighted by Crippen LogP contribution is 2.21. The first kappa shape index (κ1) is 16.6. The van der Waals surface area contributed by atoms with Gasteiger partial charge in [0.2, 0.25) is 0 Å². The molecule has 0 aliphatic carbocycles. The van der Waals surface area contributed by atoms with Crippen LogP contribution in [-0.2, 0) is 6.61 Å². The van der Waals surface area contributed by atoms with Gasteiger partial charge in [0.25, 0.3) is 5.91 Å². The number of piperidine rings is 1. The number of benzene rings is 1. The topological polar surface area (TPSA) is 68.7 Å². The van der Waals surface area contributed by atoms with Gasteiger partial charge < -0.3 is 19.8 Å². The molecule has 1 aromatic heterocycles. The molecule has 0 bridgehead atoms. The van der Waals surface area contributed by atoms with Crippen LogP contribution in [0.4, 0.5) is 0 Å². The minimum absolute atomic E-state index is 0.0602. The van der Waals surface area contributed by atoms with Crippen molar-refractivity contribution >= 4 is 5.91 Å². The minimum atomic E-state index is -0.0945. The highest BCUT2D eigenvalue weighted by atomic mass is 16.5. The van der Waals surface area contributed by atoms with Crippen molar-refractivity contribution in [3.63, 3.8) is 0 Å². The number of aryl methyl sites for hydroxylation is 2. The predicted molar refractivity (Wildman–Crippen MR) is 92.1 cm³/mol. The van der Waals surface area contributed by atoms with Gasteiger partial charge in [0.15, 0.2) is 5.76 Å². The maximum Gasteiger partial charge on any atom is 0.289 e. The van der Waals surface area contributed by atoms with E-state index in [-0.39, 0.29) is 11.9 Å². The molecule has 0 spiro atoms. The van der Waals surface area contributed by atoms with E-state index in [1.54, 1.807) is 17.0 Å². The summed E-state index contributed by atoms with van der Waals surface area (Å²) in [6.45, 7) is 5.69. The molecule has 2 aromatic rings. The number of hydrogen-bond donors (Lipinski definition) is 1. The molecular weight excluding hydrogens is 304 g/mol. The Labute approximate surface area is 142 Å². The van der Waals surface area contributed by atoms with Crippen LogP contribution in [0.5, 0.6) is 5.75 Å². The van der Waals surface area contributed by atoms with E-state index in [1.165, 1.54) is 5.56 Å². The SMILES string of the molecule is Cc1ccc(OCc2ccc(C(=O)N3CCCC(N)C3)o2)c(C)c1. The van der Waals surface area contributed by atoms with Gasteiger partial charge in [0.1, 0.15) is 18.1 Å². The zero-order valence-corrected chi connectivity index (χ0v) is 14.2. The van der Waals surface area contributed by atoms with Crippen LogP contribution in [0.15, 0.2) is 34.7 Å². The van der Waals surface area contributed by atoms with Gasteiger partial charge in [0.05, 0.1) is 0 Å². The Kier molecular flexibility index (Phi) is 4.90. The Balaban J connectivity index is 1.62. The summed E-state index contributed by atoms with van der Waals surface area (Å²) < 4.78 is 11.5. The molecule has 1 unspecified atom stereocenters. The molecule has 1 aliphatic rings. The number of ether oxygens (including phenoxy) is 1. The molecular formula is C19H24N2O3. The van der Waals surface area contributed by atoms with E-state index >= 15 is 0 Å². The van der Waals surface area contributed by atoms with Crippen LogP contribution in [-0.4, -0.2) is 29.9 Å². The predicted octanol–water partition coefficient (Wildman–Crippen LogP) is 3.04. The monoisotopic (exact) mass is 328 g/mol. The normalized spacial score (nSPS) is 17.8. The summed E-state index contributed by atoms with van der Waals surface area (Å²) >= 11 is 0. The number of furan rings is 1. The first-order valence-electron chi connectivity index (χ1n) is 8.36. The number of rotatable bonds is 4. The molecule has 3 rings (SSSR count). The second-order valence-corrected chi connectivity index (χ2v) is 6.48. The smallest absolute Gasteiger partial charge is 0.289 e. The fourth-order valence-corrected chi connectivity index (χ4v) is 3.03. The lowest BCUT2D eigenvalue weighted by Gasteiger charge is -2.30. The number of nitrogens with zero attached hydrogens (tertiary/aromatic N) is 1. The van der Waals surface area contributed by atoms with Gasteiger partial charge >= 0.3 is 0 Å². The maximum atomic E-state index is 12.5. The van der Waals surface area contributed by atoms with Crippen molar-refractivity contribution in [3.8, 4) is 5.75 Å². The molecule has 0 saturated carbocycles. The fraction of sp³-hybridized carbons (Fsp3) is 0.421. The first-order chi connectivity index (χ1) is 11.5. The van der Waals surface area contributed by atoms with Crippen molar-refractivity contribution in [2.24, 2.45) is 5.73 Å². The van der Waals surface area contributed by atoms with Gasteiger partial charge in [-0.05, 0) is 50.5 Å². The lowest BCUT2D eigenvalue weighted by atomic mass is 10.1. The van der Waals surface area contributed by atoms with Crippen molar-refractivity contribution in [1.82, 2.24) is 4.90 Å². The average molecular weight is 328 g/mol. The maximum absolute atomic E-state index is 12.5. The average Bonchev–Trinajstić information content (AvgIpc) is 3.02. The summed E-state index contributed by atoms with van der Waals surface area (Å²) in [5.41, 5.74) is 8.22. The standard InChI is InChI=1S/C19H24N2O3/c1-13-5-7-17(14(2)10-13)23-12-16-6-8-18(24-16)19(22)21-9-3-4-15(20)11-21/h5-8,10,15H,3-4,9,11-12,20H2,1-2H3. The van der Waals surface area contributed by atoms with Gasteiger partial charge in [-0.1, -0.05) is 17.7 Å². The van der Waals surface area contributed by atoms with Crippen molar-refractivity contribution in [2.45, 2.75) is 39.3 Å². The molecule has 24 heavy (non-hydrogen) atoms. The van der Waals surface area contributed by atoms with Gasteiger partial charge in [-0.25, -0.2) is 0 Å². The number of carbonyl (C=O) groups excluding carboxylic acids is 1. The summed E-state index contributed by atoms with van der Waals surface area (Å²) in [5.74, 6) is 1.72. The van der Waals surface area contributed by atoms with Crippen LogP contribution < -0.4 is 10.5 Å². The lowest BCUT2D eigenvalue weighted by Crippen LogP contribution is -2.45. The molecule has 5 nitrogen and oxygen atoms in total. The fourth-order valence-electron chi connectivity index (χ4n) is 3.03. The Morgan fingerprint density at radius 2 is 2.17 bits per heavy atom. The van der Waals surface area contributed by atoms with Crippen LogP contribution in [0.3, 0.4) is 0 Å². The minimum Gasteiger partial charge on any atom is -0.485 e. The third kappa shape index (κ3) is 3.79. The Morgan fingerprint density at radius 1 is 1.33 bits per heavy atom. The van der Waals surface area contributed by atoms with Crippen LogP contribution in [0.25, 0.3) is 0 Å². The second kappa shape index (κ2) is 7.09. The summed E-state index contributed by atoms with van der Waals surface area (Å²) in [6, 6.07) is 9.61. The van der Waals surface area contributed by atoms with Crippen molar-refractivity contribution in [3.05, 3.63) is 53.0 Å². The van der Waals surface area contributed by atoms with Crippen molar-refractivity contribution in [2.75, 3.05) is 13.1 Å². The van der Waals surface area contributed by atoms with E-state index in [2.05, 4.69) is 6.07 Å². The molecule has 1 aliphatic heterocycles. The van der Waals surface area contributed by atoms with Crippen LogP contribution in [0.2, 0.25) is 0 Å². The third-order valence-corrected chi connectivity index (χ3v) is 4.32. The molecule has 1 amide bonds. The highest BCUT2D eigenvalue weighted by molar-refractivity contribution is 5.91. The van der Waals surface area contributed by atoms with E-state index < -0.39 is 0 Å². The largest absolute Gasteiger partial charge is 0.485 e. The van der Waals surface area contributed by atoms with Gasteiger partial charge in [-0.15, -0.1) is 0 Å². The Morgan fingerprint density at radius 3 is 2.92 bits per heavy atom. The third-order valence-electron chi connectivity index (χ3n) is 4.32. The van der Waals surface area contributed by atoms with E-state index in [0.29, 0.717) is 24.7 Å². The molecule has 2 N–H and O–H groups in total. The number of hydrogen-bond acceptors (Lipinski definition) is 4. The second-order valence-electron chi connectivity index (χ2n) is 6.48. The van der Waals surface area contributed by atoms with E-state index in [1.807, 2.05) is 26.0 Å². The summed E-state index contributed by atoms with van der Waals surface area (Å²) in [7, 11) is 0. The van der Waals surface area contributed by atoms with Crippen molar-refractivity contribution < 1.29 is 13.9 Å². The van der Waals surface area contributed by atoms with Gasteiger partial charge in [-0.2, -0.15) is 0 Å². The summed E-state index contributed by atoms with van der Waals surface area (Å²) in [6.07, 6.45) is 1.91. The molecule has 0 radical (unpaired) electrons. The van der Waals surface area contributed by atoms with E-state index in [4.69, 9.17) is 14.9 Å². The van der Waals surface area contributed by atoms with Gasteiger partial charge in [0, 0.05) is 19.1 Å². The Bertz CT molecular complexity index is 723. The number of amides is 1. The molecule has 5 heteroatoms. The molecule has 1 saturated heterocycles. The van der Waals surface area contributed by atoms with Crippen LogP contribution in [0, 0.1) is 13.8 Å². The molecule has 1 aromatic carbocycles. The summed E-state index contributed by atoms with van der Waals surface area (Å²) in [5, 5.41) is 0. The molecule has 1 fully saturated rings. The zero-order valence-electron chi connectivity index (χ0n) is 14.2. The number of likely N-dealkylation sites (tertiary alicyclic amines) is 1. The zero-order chi connectivity index (χ0) is 17.1. The lowest BCUT2D eigenvalue weighted by molar-refractivity contribution is 0.0672. The van der Waals surface area contributed by atoms with Crippen LogP contribution in [0.1, 0.15) is 40.3 Å². The Hall–Kier alpha value is -2.27. The quantitative estimate of drug-likeness (QED) is 0.936. The summed E-state index contributed by atoms with van der Waals surface area (Å²) in [4.78, 5) is 14.2. The highest BCUT2D eigenvalue weighted by Gasteiger charge is 2.24. The van der Waals surface area contributed by atoms with E-state index in [0.717, 1.165) is 30.7 Å². The number of nitrogens with two attached hydrogens (primary N) is 1. The van der Waals surface area contributed by atoms with E-state index in [9.17, 15) is 4.79 Å². The molecule has 2 heterocycles. The first-order valence-corrected chi connectivity index (χ1v) is 8.36.